The molecule has 5 rings (SSSR count). The molecular formula is C24H29ClN6O2. The minimum absolute atomic E-state index is 0.114. The van der Waals surface area contributed by atoms with Crippen molar-refractivity contribution in [1.29, 1.82) is 0 Å². The lowest BCUT2D eigenvalue weighted by atomic mass is 9.91. The third-order valence-electron chi connectivity index (χ3n) is 6.47. The van der Waals surface area contributed by atoms with Crippen LogP contribution in [-0.4, -0.2) is 70.7 Å². The van der Waals surface area contributed by atoms with Gasteiger partial charge in [0.15, 0.2) is 0 Å². The monoisotopic (exact) mass is 468 g/mol. The normalized spacial score (nSPS) is 21.7. The Labute approximate surface area is 198 Å². The van der Waals surface area contributed by atoms with E-state index in [1.165, 1.54) is 0 Å². The summed E-state index contributed by atoms with van der Waals surface area (Å²) < 4.78 is 5.35. The fourth-order valence-electron chi connectivity index (χ4n) is 4.75. The van der Waals surface area contributed by atoms with E-state index in [1.807, 2.05) is 30.5 Å². The molecule has 1 aliphatic heterocycles. The molecule has 1 saturated heterocycles. The van der Waals surface area contributed by atoms with Gasteiger partial charge in [0.1, 0.15) is 16.6 Å². The van der Waals surface area contributed by atoms with E-state index in [4.69, 9.17) is 16.3 Å². The lowest BCUT2D eigenvalue weighted by Gasteiger charge is -2.31. The first-order chi connectivity index (χ1) is 16.1. The Morgan fingerprint density at radius 3 is 2.79 bits per heavy atom. The number of hydrogen-bond donors (Lipinski definition) is 3. The number of ether oxygens (including phenoxy) is 1. The lowest BCUT2D eigenvalue weighted by molar-refractivity contribution is -0.124. The molecule has 2 fully saturated rings. The third-order valence-corrected chi connectivity index (χ3v) is 6.67. The van der Waals surface area contributed by atoms with E-state index in [9.17, 15) is 4.79 Å². The van der Waals surface area contributed by atoms with E-state index in [2.05, 4.69) is 30.5 Å². The molecule has 0 spiro atoms. The number of H-pyrrole nitrogens is 1. The van der Waals surface area contributed by atoms with Gasteiger partial charge in [0.2, 0.25) is 5.91 Å². The van der Waals surface area contributed by atoms with Crippen LogP contribution >= 0.6 is 11.6 Å². The summed E-state index contributed by atoms with van der Waals surface area (Å²) in [6.45, 7) is 3.53. The molecule has 3 aromatic heterocycles. The van der Waals surface area contributed by atoms with Crippen molar-refractivity contribution in [3.8, 4) is 11.1 Å². The van der Waals surface area contributed by atoms with Crippen molar-refractivity contribution in [1.82, 2.24) is 25.2 Å². The summed E-state index contributed by atoms with van der Waals surface area (Å²) in [6, 6.07) is 8.43. The minimum Gasteiger partial charge on any atom is -0.379 e. The number of nitrogens with zero attached hydrogens (tertiary/aromatic N) is 3. The maximum atomic E-state index is 12.4. The van der Waals surface area contributed by atoms with Crippen molar-refractivity contribution in [2.24, 2.45) is 0 Å². The molecule has 0 unspecified atom stereocenters. The van der Waals surface area contributed by atoms with E-state index < -0.39 is 0 Å². The molecule has 33 heavy (non-hydrogen) atoms. The standard InChI is InChI=1S/C24H29ClN6O2/c25-21-12-16(20-14-27-24-19(20)2-1-7-26-24)13-22(30-21)28-17-3-5-18(6-4-17)29-23(32)15-31-8-10-33-11-9-31/h1-2,7,12-14,17-18H,3-6,8-11,15H2,(H,26,27)(H,28,30)(H,29,32). The van der Waals surface area contributed by atoms with Crippen LogP contribution in [0.25, 0.3) is 22.2 Å². The first-order valence-electron chi connectivity index (χ1n) is 11.6. The number of carbonyl (C=O) groups excluding carboxylic acids is 1. The van der Waals surface area contributed by atoms with Gasteiger partial charge in [-0.2, -0.15) is 0 Å². The maximum absolute atomic E-state index is 12.4. The van der Waals surface area contributed by atoms with Gasteiger partial charge in [-0.1, -0.05) is 11.6 Å². The van der Waals surface area contributed by atoms with E-state index >= 15 is 0 Å². The highest BCUT2D eigenvalue weighted by Crippen LogP contribution is 2.31. The van der Waals surface area contributed by atoms with Crippen molar-refractivity contribution in [3.63, 3.8) is 0 Å². The second-order valence-electron chi connectivity index (χ2n) is 8.81. The van der Waals surface area contributed by atoms with Gasteiger partial charge in [0.25, 0.3) is 0 Å². The molecule has 9 heteroatoms. The summed E-state index contributed by atoms with van der Waals surface area (Å²) in [5.41, 5.74) is 2.90. The van der Waals surface area contributed by atoms with Crippen LogP contribution in [0.2, 0.25) is 5.15 Å². The summed E-state index contributed by atoms with van der Waals surface area (Å²) in [4.78, 5) is 26.6. The highest BCUT2D eigenvalue weighted by molar-refractivity contribution is 6.29. The van der Waals surface area contributed by atoms with Crippen LogP contribution in [0, 0.1) is 0 Å². The molecule has 3 aromatic rings. The molecule has 8 nitrogen and oxygen atoms in total. The summed E-state index contributed by atoms with van der Waals surface area (Å²) in [5.74, 6) is 0.887. The number of pyridine rings is 2. The number of halogens is 1. The van der Waals surface area contributed by atoms with Crippen molar-refractivity contribution in [3.05, 3.63) is 41.8 Å². The van der Waals surface area contributed by atoms with Crippen LogP contribution in [0.15, 0.2) is 36.7 Å². The predicted molar refractivity (Wildman–Crippen MR) is 129 cm³/mol. The number of carbonyl (C=O) groups is 1. The molecule has 1 amide bonds. The summed E-state index contributed by atoms with van der Waals surface area (Å²) in [5, 5.41) is 8.27. The van der Waals surface area contributed by atoms with Gasteiger partial charge in [-0.05, 0) is 55.5 Å². The second-order valence-corrected chi connectivity index (χ2v) is 9.20. The predicted octanol–water partition coefficient (Wildman–Crippen LogP) is 3.45. The Balaban J connectivity index is 1.17. The van der Waals surface area contributed by atoms with Crippen LogP contribution in [-0.2, 0) is 9.53 Å². The Morgan fingerprint density at radius 1 is 1.18 bits per heavy atom. The van der Waals surface area contributed by atoms with E-state index in [-0.39, 0.29) is 11.9 Å². The largest absolute Gasteiger partial charge is 0.379 e. The number of nitrogens with one attached hydrogen (secondary N) is 3. The number of rotatable bonds is 6. The highest BCUT2D eigenvalue weighted by atomic mass is 35.5. The van der Waals surface area contributed by atoms with Crippen molar-refractivity contribution in [2.45, 2.75) is 37.8 Å². The topological polar surface area (TPSA) is 95.2 Å². The van der Waals surface area contributed by atoms with Crippen molar-refractivity contribution >= 4 is 34.4 Å². The van der Waals surface area contributed by atoms with Crippen LogP contribution in [0.1, 0.15) is 25.7 Å². The zero-order chi connectivity index (χ0) is 22.6. The molecule has 0 radical (unpaired) electrons. The zero-order valence-corrected chi connectivity index (χ0v) is 19.3. The van der Waals surface area contributed by atoms with Gasteiger partial charge >= 0.3 is 0 Å². The molecule has 0 bridgehead atoms. The highest BCUT2D eigenvalue weighted by Gasteiger charge is 2.24. The van der Waals surface area contributed by atoms with E-state index in [1.54, 1.807) is 6.20 Å². The number of hydrogen-bond acceptors (Lipinski definition) is 6. The van der Waals surface area contributed by atoms with Gasteiger partial charge < -0.3 is 20.4 Å². The summed E-state index contributed by atoms with van der Waals surface area (Å²) >= 11 is 6.36. The molecular weight excluding hydrogens is 440 g/mol. The maximum Gasteiger partial charge on any atom is 0.234 e. The van der Waals surface area contributed by atoms with Gasteiger partial charge in [-0.15, -0.1) is 0 Å². The van der Waals surface area contributed by atoms with Gasteiger partial charge in [-0.25, -0.2) is 9.97 Å². The van der Waals surface area contributed by atoms with Gasteiger partial charge in [-0.3, -0.25) is 9.69 Å². The Morgan fingerprint density at radius 2 is 1.97 bits per heavy atom. The number of amides is 1. The Kier molecular flexibility index (Phi) is 6.75. The zero-order valence-electron chi connectivity index (χ0n) is 18.5. The Hall–Kier alpha value is -2.68. The van der Waals surface area contributed by atoms with Crippen LogP contribution < -0.4 is 10.6 Å². The van der Waals surface area contributed by atoms with Gasteiger partial charge in [0.05, 0.1) is 19.8 Å². The number of aromatic amines is 1. The summed E-state index contributed by atoms with van der Waals surface area (Å²) in [7, 11) is 0. The van der Waals surface area contributed by atoms with E-state index in [0.29, 0.717) is 31.0 Å². The second kappa shape index (κ2) is 10.1. The number of fused-ring (bicyclic) bond motifs is 1. The molecule has 1 aliphatic carbocycles. The Bertz CT molecular complexity index is 1110. The van der Waals surface area contributed by atoms with Crippen molar-refractivity contribution in [2.75, 3.05) is 38.2 Å². The van der Waals surface area contributed by atoms with Crippen molar-refractivity contribution < 1.29 is 9.53 Å². The first-order valence-corrected chi connectivity index (χ1v) is 12.0. The quantitative estimate of drug-likeness (QED) is 0.479. The molecule has 2 aliphatic rings. The molecule has 4 heterocycles. The van der Waals surface area contributed by atoms with Crippen LogP contribution in [0.3, 0.4) is 0 Å². The van der Waals surface area contributed by atoms with E-state index in [0.717, 1.165) is 66.8 Å². The average molecular weight is 469 g/mol. The van der Waals surface area contributed by atoms with Crippen LogP contribution in [0.4, 0.5) is 5.82 Å². The molecule has 3 N–H and O–H groups in total. The number of morpholine rings is 1. The number of anilines is 1. The lowest BCUT2D eigenvalue weighted by Crippen LogP contribution is -2.47. The summed E-state index contributed by atoms with van der Waals surface area (Å²) in [6.07, 6.45) is 7.59. The van der Waals surface area contributed by atoms with Gasteiger partial charge in [0, 0.05) is 48.5 Å². The van der Waals surface area contributed by atoms with Crippen LogP contribution in [0.5, 0.6) is 0 Å². The molecule has 1 saturated carbocycles. The molecule has 0 aromatic carbocycles. The molecule has 174 valence electrons. The fourth-order valence-corrected chi connectivity index (χ4v) is 4.96. The first kappa shape index (κ1) is 22.1. The minimum atomic E-state index is 0.114. The smallest absolute Gasteiger partial charge is 0.234 e. The third kappa shape index (κ3) is 5.46. The number of aromatic nitrogens is 3. The molecule has 0 atom stereocenters. The fraction of sp³-hybridized carbons (Fsp3) is 0.458. The SMILES string of the molecule is O=C(CN1CCOCC1)NC1CCC(Nc2cc(-c3c[nH]c4ncccc34)cc(Cl)n2)CC1. The average Bonchev–Trinajstić information content (AvgIpc) is 3.25.